The number of piperazine rings is 1. The van der Waals surface area contributed by atoms with E-state index < -0.39 is 0 Å². The molecule has 0 amide bonds. The SMILES string of the molecule is Cc1cc(Br)ccc1N1CCN(CCN)CC1. The van der Waals surface area contributed by atoms with Gasteiger partial charge in [0.15, 0.2) is 0 Å². The van der Waals surface area contributed by atoms with Crippen molar-refractivity contribution in [3.63, 3.8) is 0 Å². The van der Waals surface area contributed by atoms with Gasteiger partial charge in [0.25, 0.3) is 0 Å². The van der Waals surface area contributed by atoms with Crippen molar-refractivity contribution in [1.29, 1.82) is 0 Å². The Morgan fingerprint density at radius 1 is 1.24 bits per heavy atom. The van der Waals surface area contributed by atoms with Crippen LogP contribution in [0.15, 0.2) is 22.7 Å². The third kappa shape index (κ3) is 3.21. The van der Waals surface area contributed by atoms with Gasteiger partial charge in [-0.15, -0.1) is 0 Å². The summed E-state index contributed by atoms with van der Waals surface area (Å²) in [5, 5.41) is 0. The summed E-state index contributed by atoms with van der Waals surface area (Å²) in [6.45, 7) is 8.39. The summed E-state index contributed by atoms with van der Waals surface area (Å²) in [4.78, 5) is 4.90. The maximum absolute atomic E-state index is 5.59. The summed E-state index contributed by atoms with van der Waals surface area (Å²) < 4.78 is 1.15. The van der Waals surface area contributed by atoms with Crippen LogP contribution in [-0.4, -0.2) is 44.2 Å². The molecule has 0 spiro atoms. The van der Waals surface area contributed by atoms with Crippen LogP contribution < -0.4 is 10.6 Å². The lowest BCUT2D eigenvalue weighted by Crippen LogP contribution is -2.47. The highest BCUT2D eigenvalue weighted by molar-refractivity contribution is 9.10. The lowest BCUT2D eigenvalue weighted by Gasteiger charge is -2.36. The molecule has 94 valence electrons. The summed E-state index contributed by atoms with van der Waals surface area (Å²) >= 11 is 3.51. The minimum absolute atomic E-state index is 0.761. The van der Waals surface area contributed by atoms with Crippen molar-refractivity contribution in [2.24, 2.45) is 5.73 Å². The average molecular weight is 298 g/mol. The minimum atomic E-state index is 0.761. The van der Waals surface area contributed by atoms with E-state index >= 15 is 0 Å². The Bertz CT molecular complexity index is 373. The van der Waals surface area contributed by atoms with Gasteiger partial charge in [0, 0.05) is 49.4 Å². The molecule has 4 heteroatoms. The van der Waals surface area contributed by atoms with E-state index in [1.165, 1.54) is 11.3 Å². The molecule has 0 radical (unpaired) electrons. The maximum atomic E-state index is 5.59. The van der Waals surface area contributed by atoms with Gasteiger partial charge in [-0.3, -0.25) is 4.90 Å². The second-order valence-corrected chi connectivity index (χ2v) is 5.46. The van der Waals surface area contributed by atoms with E-state index in [4.69, 9.17) is 5.73 Å². The van der Waals surface area contributed by atoms with Gasteiger partial charge in [-0.2, -0.15) is 0 Å². The molecule has 1 aromatic rings. The zero-order chi connectivity index (χ0) is 12.3. The van der Waals surface area contributed by atoms with E-state index in [-0.39, 0.29) is 0 Å². The van der Waals surface area contributed by atoms with Crippen LogP contribution in [0.3, 0.4) is 0 Å². The van der Waals surface area contributed by atoms with Gasteiger partial charge in [-0.05, 0) is 30.7 Å². The molecule has 3 nitrogen and oxygen atoms in total. The van der Waals surface area contributed by atoms with Gasteiger partial charge in [0.1, 0.15) is 0 Å². The summed E-state index contributed by atoms with van der Waals surface area (Å²) in [6, 6.07) is 6.51. The highest BCUT2D eigenvalue weighted by Gasteiger charge is 2.17. The molecule has 0 saturated carbocycles. The van der Waals surface area contributed by atoms with E-state index in [0.717, 1.165) is 43.7 Å². The maximum Gasteiger partial charge on any atom is 0.0397 e. The fraction of sp³-hybridized carbons (Fsp3) is 0.538. The van der Waals surface area contributed by atoms with E-state index in [9.17, 15) is 0 Å². The summed E-state index contributed by atoms with van der Waals surface area (Å²) in [6.07, 6.45) is 0. The van der Waals surface area contributed by atoms with Gasteiger partial charge in [-0.25, -0.2) is 0 Å². The smallest absolute Gasteiger partial charge is 0.0397 e. The lowest BCUT2D eigenvalue weighted by molar-refractivity contribution is 0.265. The number of halogens is 1. The lowest BCUT2D eigenvalue weighted by atomic mass is 10.1. The van der Waals surface area contributed by atoms with Gasteiger partial charge in [0.05, 0.1) is 0 Å². The van der Waals surface area contributed by atoms with Crippen molar-refractivity contribution >= 4 is 21.6 Å². The Hall–Kier alpha value is -0.580. The first kappa shape index (κ1) is 12.9. The number of aryl methyl sites for hydroxylation is 1. The molecular weight excluding hydrogens is 278 g/mol. The summed E-state index contributed by atoms with van der Waals surface area (Å²) in [5.74, 6) is 0. The molecule has 1 aliphatic heterocycles. The number of nitrogens with two attached hydrogens (primary N) is 1. The normalized spacial score (nSPS) is 17.5. The van der Waals surface area contributed by atoms with Gasteiger partial charge >= 0.3 is 0 Å². The zero-order valence-corrected chi connectivity index (χ0v) is 11.9. The molecule has 1 aliphatic rings. The fourth-order valence-electron chi connectivity index (χ4n) is 2.37. The third-order valence-corrected chi connectivity index (χ3v) is 3.81. The Morgan fingerprint density at radius 2 is 1.94 bits per heavy atom. The molecule has 0 aromatic heterocycles. The van der Waals surface area contributed by atoms with Gasteiger partial charge < -0.3 is 10.6 Å². The van der Waals surface area contributed by atoms with Gasteiger partial charge in [-0.1, -0.05) is 15.9 Å². The van der Waals surface area contributed by atoms with E-state index in [1.54, 1.807) is 0 Å². The zero-order valence-electron chi connectivity index (χ0n) is 10.3. The molecule has 2 N–H and O–H groups in total. The number of anilines is 1. The van der Waals surface area contributed by atoms with Crippen LogP contribution >= 0.6 is 15.9 Å². The molecule has 1 fully saturated rings. The molecule has 0 unspecified atom stereocenters. The van der Waals surface area contributed by atoms with Crippen LogP contribution in [0.1, 0.15) is 5.56 Å². The van der Waals surface area contributed by atoms with Crippen LogP contribution in [0.5, 0.6) is 0 Å². The van der Waals surface area contributed by atoms with E-state index in [0.29, 0.717) is 0 Å². The first-order chi connectivity index (χ1) is 8.20. The molecular formula is C13H20BrN3. The largest absolute Gasteiger partial charge is 0.369 e. The molecule has 17 heavy (non-hydrogen) atoms. The molecule has 1 aromatic carbocycles. The highest BCUT2D eigenvalue weighted by Crippen LogP contribution is 2.24. The predicted molar refractivity (Wildman–Crippen MR) is 76.6 cm³/mol. The van der Waals surface area contributed by atoms with Crippen molar-refractivity contribution in [2.75, 3.05) is 44.2 Å². The van der Waals surface area contributed by atoms with Crippen molar-refractivity contribution in [2.45, 2.75) is 6.92 Å². The Labute approximate surface area is 112 Å². The van der Waals surface area contributed by atoms with Crippen LogP contribution in [0.2, 0.25) is 0 Å². The van der Waals surface area contributed by atoms with Gasteiger partial charge in [0.2, 0.25) is 0 Å². The second-order valence-electron chi connectivity index (χ2n) is 4.55. The quantitative estimate of drug-likeness (QED) is 0.924. The molecule has 1 saturated heterocycles. The summed E-state index contributed by atoms with van der Waals surface area (Å²) in [7, 11) is 0. The molecule has 0 bridgehead atoms. The predicted octanol–water partition coefficient (Wildman–Crippen LogP) is 1.84. The summed E-state index contributed by atoms with van der Waals surface area (Å²) in [5.41, 5.74) is 8.29. The van der Waals surface area contributed by atoms with E-state index in [2.05, 4.69) is 50.9 Å². The van der Waals surface area contributed by atoms with Crippen molar-refractivity contribution in [3.05, 3.63) is 28.2 Å². The Balaban J connectivity index is 2.00. The number of rotatable bonds is 3. The number of hydrogen-bond donors (Lipinski definition) is 1. The molecule has 0 aliphatic carbocycles. The van der Waals surface area contributed by atoms with Crippen molar-refractivity contribution < 1.29 is 0 Å². The van der Waals surface area contributed by atoms with Crippen molar-refractivity contribution in [1.82, 2.24) is 4.90 Å². The molecule has 2 rings (SSSR count). The van der Waals surface area contributed by atoms with Crippen LogP contribution in [0.25, 0.3) is 0 Å². The number of hydrogen-bond acceptors (Lipinski definition) is 3. The topological polar surface area (TPSA) is 32.5 Å². The van der Waals surface area contributed by atoms with Crippen LogP contribution in [0, 0.1) is 6.92 Å². The van der Waals surface area contributed by atoms with Crippen LogP contribution in [-0.2, 0) is 0 Å². The Morgan fingerprint density at radius 3 is 2.53 bits per heavy atom. The first-order valence-electron chi connectivity index (χ1n) is 6.14. The minimum Gasteiger partial charge on any atom is -0.369 e. The van der Waals surface area contributed by atoms with Crippen LogP contribution in [0.4, 0.5) is 5.69 Å². The standard InChI is InChI=1S/C13H20BrN3/c1-11-10-12(14)2-3-13(11)17-8-6-16(5-4-15)7-9-17/h2-3,10H,4-9,15H2,1H3. The number of nitrogens with zero attached hydrogens (tertiary/aromatic N) is 2. The number of benzene rings is 1. The molecule has 1 heterocycles. The molecule has 0 atom stereocenters. The third-order valence-electron chi connectivity index (χ3n) is 3.32. The highest BCUT2D eigenvalue weighted by atomic mass is 79.9. The van der Waals surface area contributed by atoms with E-state index in [1.807, 2.05) is 0 Å². The average Bonchev–Trinajstić information content (AvgIpc) is 2.31. The second kappa shape index (κ2) is 5.85. The first-order valence-corrected chi connectivity index (χ1v) is 6.93. The fourth-order valence-corrected chi connectivity index (χ4v) is 2.84. The van der Waals surface area contributed by atoms with Crippen molar-refractivity contribution in [3.8, 4) is 0 Å². The monoisotopic (exact) mass is 297 g/mol. The Kier molecular flexibility index (Phi) is 4.42.